The van der Waals surface area contributed by atoms with E-state index in [1.54, 1.807) is 12.1 Å². The van der Waals surface area contributed by atoms with Crippen LogP contribution in [-0.4, -0.2) is 12.9 Å². The van der Waals surface area contributed by atoms with Crippen molar-refractivity contribution < 1.29 is 14.3 Å². The van der Waals surface area contributed by atoms with Gasteiger partial charge in [-0.1, -0.05) is 35.3 Å². The molecule has 0 aliphatic heterocycles. The maximum Gasteiger partial charge on any atom is 0.300 e. The van der Waals surface area contributed by atoms with Crippen molar-refractivity contribution in [2.45, 2.75) is 0 Å². The van der Waals surface area contributed by atoms with E-state index in [-0.39, 0.29) is 12.9 Å². The normalized spacial score (nSPS) is 7.85. The quantitative estimate of drug-likeness (QED) is 0.568. The second-order valence-corrected chi connectivity index (χ2v) is 2.56. The molecule has 5 heteroatoms. The number of halogens is 2. The van der Waals surface area contributed by atoms with Crippen LogP contribution in [0, 0.1) is 0 Å². The first-order chi connectivity index (χ1) is 6.22. The van der Waals surface area contributed by atoms with Crippen LogP contribution in [0.25, 0.3) is 0 Å². The summed E-state index contributed by atoms with van der Waals surface area (Å²) in [6.45, 7) is 0.125. The van der Waals surface area contributed by atoms with Crippen LogP contribution in [0.15, 0.2) is 24.3 Å². The van der Waals surface area contributed by atoms with Gasteiger partial charge in [-0.3, -0.25) is 9.59 Å². The van der Waals surface area contributed by atoms with Crippen LogP contribution in [0.2, 0.25) is 10.0 Å². The summed E-state index contributed by atoms with van der Waals surface area (Å²) in [6, 6.07) is 7.19. The minimum Gasteiger partial charge on any atom is -0.398 e. The number of rotatable bonds is 2. The largest absolute Gasteiger partial charge is 0.398 e. The Bertz CT molecular complexity index is 249. The molecule has 1 aromatic rings. The summed E-state index contributed by atoms with van der Waals surface area (Å²) in [5.74, 6) is 0. The van der Waals surface area contributed by atoms with E-state index in [2.05, 4.69) is 4.74 Å². The van der Waals surface area contributed by atoms with Gasteiger partial charge in [-0.25, -0.2) is 0 Å². The summed E-state index contributed by atoms with van der Waals surface area (Å²) < 4.78 is 3.47. The Morgan fingerprint density at radius 2 is 1.38 bits per heavy atom. The lowest BCUT2D eigenvalue weighted by Gasteiger charge is -1.88. The molecule has 0 heterocycles. The third-order valence-electron chi connectivity index (χ3n) is 0.935. The molecule has 0 saturated heterocycles. The molecule has 0 aliphatic carbocycles. The molecule has 1 aromatic carbocycles. The van der Waals surface area contributed by atoms with Gasteiger partial charge in [-0.05, 0) is 12.1 Å². The van der Waals surface area contributed by atoms with Crippen LogP contribution < -0.4 is 0 Å². The van der Waals surface area contributed by atoms with Crippen molar-refractivity contribution in [1.29, 1.82) is 0 Å². The van der Waals surface area contributed by atoms with Crippen molar-refractivity contribution in [2.75, 3.05) is 0 Å². The highest BCUT2D eigenvalue weighted by Gasteiger charge is 1.89. The standard InChI is InChI=1S/C6H4Cl2.C2H2O3/c7-5-3-1-2-4-6(5)8;3-1-5-2-4/h1-4H;1-2H. The topological polar surface area (TPSA) is 43.4 Å². The first-order valence-corrected chi connectivity index (χ1v) is 3.90. The van der Waals surface area contributed by atoms with E-state index < -0.39 is 0 Å². The van der Waals surface area contributed by atoms with Crippen molar-refractivity contribution in [3.63, 3.8) is 0 Å². The maximum absolute atomic E-state index is 8.95. The van der Waals surface area contributed by atoms with E-state index in [4.69, 9.17) is 32.8 Å². The minimum absolute atomic E-state index is 0.0625. The van der Waals surface area contributed by atoms with Crippen molar-refractivity contribution >= 4 is 36.1 Å². The summed E-state index contributed by atoms with van der Waals surface area (Å²) in [5, 5.41) is 1.21. The molecule has 1 rings (SSSR count). The highest BCUT2D eigenvalue weighted by Crippen LogP contribution is 2.19. The Morgan fingerprint density at radius 1 is 1.00 bits per heavy atom. The molecule has 0 atom stereocenters. The number of benzene rings is 1. The highest BCUT2D eigenvalue weighted by atomic mass is 35.5. The smallest absolute Gasteiger partial charge is 0.300 e. The van der Waals surface area contributed by atoms with Crippen LogP contribution in [-0.2, 0) is 14.3 Å². The fourth-order valence-electron chi connectivity index (χ4n) is 0.462. The minimum atomic E-state index is 0.0625. The second kappa shape index (κ2) is 7.58. The van der Waals surface area contributed by atoms with Gasteiger partial charge in [0.15, 0.2) is 0 Å². The third-order valence-corrected chi connectivity index (χ3v) is 1.69. The van der Waals surface area contributed by atoms with Gasteiger partial charge in [0.05, 0.1) is 10.0 Å². The molecule has 0 unspecified atom stereocenters. The van der Waals surface area contributed by atoms with Gasteiger partial charge in [-0.15, -0.1) is 0 Å². The zero-order chi connectivity index (χ0) is 10.1. The third kappa shape index (κ3) is 6.13. The van der Waals surface area contributed by atoms with E-state index >= 15 is 0 Å². The maximum atomic E-state index is 8.95. The first kappa shape index (κ1) is 11.9. The second-order valence-electron chi connectivity index (χ2n) is 1.74. The summed E-state index contributed by atoms with van der Waals surface area (Å²) in [6.07, 6.45) is 0. The molecule has 13 heavy (non-hydrogen) atoms. The van der Waals surface area contributed by atoms with Crippen molar-refractivity contribution in [1.82, 2.24) is 0 Å². The van der Waals surface area contributed by atoms with Crippen LogP contribution in [0.5, 0.6) is 0 Å². The van der Waals surface area contributed by atoms with Crippen LogP contribution in [0.4, 0.5) is 0 Å². The van der Waals surface area contributed by atoms with Crippen molar-refractivity contribution in [2.24, 2.45) is 0 Å². The first-order valence-electron chi connectivity index (χ1n) is 3.15. The Hall–Kier alpha value is -1.06. The fraction of sp³-hybridized carbons (Fsp3) is 0. The lowest BCUT2D eigenvalue weighted by molar-refractivity contribution is -0.141. The lowest BCUT2D eigenvalue weighted by atomic mass is 10.4. The average Bonchev–Trinajstić information content (AvgIpc) is 2.13. The van der Waals surface area contributed by atoms with Crippen LogP contribution in [0.1, 0.15) is 0 Å². The number of carbonyl (C=O) groups excluding carboxylic acids is 2. The van der Waals surface area contributed by atoms with E-state index in [9.17, 15) is 0 Å². The summed E-state index contributed by atoms with van der Waals surface area (Å²) >= 11 is 11.2. The Labute approximate surface area is 85.2 Å². The molecular formula is C8H6Cl2O3. The molecule has 70 valence electrons. The van der Waals surface area contributed by atoms with Gasteiger partial charge in [0.1, 0.15) is 0 Å². The molecule has 0 radical (unpaired) electrons. The fourth-order valence-corrected chi connectivity index (χ4v) is 0.733. The van der Waals surface area contributed by atoms with Gasteiger partial charge in [0, 0.05) is 0 Å². The monoisotopic (exact) mass is 220 g/mol. The van der Waals surface area contributed by atoms with E-state index in [0.29, 0.717) is 10.0 Å². The van der Waals surface area contributed by atoms with Gasteiger partial charge in [-0.2, -0.15) is 0 Å². The van der Waals surface area contributed by atoms with Gasteiger partial charge in [0.25, 0.3) is 0 Å². The number of ether oxygens (including phenoxy) is 1. The van der Waals surface area contributed by atoms with Crippen molar-refractivity contribution in [3.05, 3.63) is 34.3 Å². The predicted octanol–water partition coefficient (Wildman–Crippen LogP) is 2.31. The Kier molecular flexibility index (Phi) is 6.96. The number of hydrogen-bond acceptors (Lipinski definition) is 3. The van der Waals surface area contributed by atoms with Crippen LogP contribution in [0.3, 0.4) is 0 Å². The van der Waals surface area contributed by atoms with Gasteiger partial charge >= 0.3 is 12.9 Å². The average molecular weight is 221 g/mol. The highest BCUT2D eigenvalue weighted by molar-refractivity contribution is 6.41. The van der Waals surface area contributed by atoms with E-state index in [0.717, 1.165) is 0 Å². The molecule has 0 spiro atoms. The molecule has 0 amide bonds. The van der Waals surface area contributed by atoms with E-state index in [1.165, 1.54) is 0 Å². The molecule has 3 nitrogen and oxygen atoms in total. The SMILES string of the molecule is Clc1ccccc1Cl.O=COC=O. The van der Waals surface area contributed by atoms with Crippen LogP contribution >= 0.6 is 23.2 Å². The number of hydrogen-bond donors (Lipinski definition) is 0. The van der Waals surface area contributed by atoms with Gasteiger partial charge < -0.3 is 4.74 Å². The zero-order valence-electron chi connectivity index (χ0n) is 6.44. The molecule has 0 N–H and O–H groups in total. The van der Waals surface area contributed by atoms with Gasteiger partial charge in [0.2, 0.25) is 0 Å². The molecule has 0 fully saturated rings. The zero-order valence-corrected chi connectivity index (χ0v) is 7.96. The molecule has 0 aromatic heterocycles. The van der Waals surface area contributed by atoms with Crippen molar-refractivity contribution in [3.8, 4) is 0 Å². The van der Waals surface area contributed by atoms with E-state index in [1.807, 2.05) is 12.1 Å². The molecule has 0 saturated carbocycles. The summed E-state index contributed by atoms with van der Waals surface area (Å²) in [7, 11) is 0. The Morgan fingerprint density at radius 3 is 1.54 bits per heavy atom. The summed E-state index contributed by atoms with van der Waals surface area (Å²) in [4.78, 5) is 17.9. The Balaban J connectivity index is 0.000000252. The molecule has 0 bridgehead atoms. The molecular weight excluding hydrogens is 215 g/mol. The molecule has 0 aliphatic rings. The summed E-state index contributed by atoms with van der Waals surface area (Å²) in [5.41, 5.74) is 0. The lowest BCUT2D eigenvalue weighted by Crippen LogP contribution is -1.77. The number of carbonyl (C=O) groups is 2. The predicted molar refractivity (Wildman–Crippen MR) is 49.7 cm³/mol.